The molecule has 0 saturated carbocycles. The van der Waals surface area contributed by atoms with E-state index in [9.17, 15) is 0 Å². The van der Waals surface area contributed by atoms with Gasteiger partial charge in [0.05, 0.1) is 6.54 Å². The van der Waals surface area contributed by atoms with Gasteiger partial charge in [-0.05, 0) is 27.4 Å². The Kier molecular flexibility index (Phi) is 7.05. The summed E-state index contributed by atoms with van der Waals surface area (Å²) in [4.78, 5) is 9.48. The van der Waals surface area contributed by atoms with Gasteiger partial charge in [0.1, 0.15) is 0 Å². The van der Waals surface area contributed by atoms with E-state index in [1.165, 1.54) is 0 Å². The summed E-state index contributed by atoms with van der Waals surface area (Å²) in [6.07, 6.45) is 1.12. The van der Waals surface area contributed by atoms with Gasteiger partial charge in [0.15, 0.2) is 5.96 Å². The molecule has 2 N–H and O–H groups in total. The summed E-state index contributed by atoms with van der Waals surface area (Å²) in [5, 5.41) is 6.63. The van der Waals surface area contributed by atoms with Crippen LogP contribution in [0.3, 0.4) is 0 Å². The van der Waals surface area contributed by atoms with Crippen molar-refractivity contribution in [1.29, 1.82) is 0 Å². The van der Waals surface area contributed by atoms with Gasteiger partial charge < -0.3 is 15.5 Å². The third kappa shape index (κ3) is 5.23. The van der Waals surface area contributed by atoms with E-state index >= 15 is 0 Å². The highest BCUT2D eigenvalue weighted by molar-refractivity contribution is 5.79. The van der Waals surface area contributed by atoms with E-state index in [2.05, 4.69) is 53.4 Å². The van der Waals surface area contributed by atoms with Crippen molar-refractivity contribution in [2.45, 2.75) is 26.3 Å². The molecule has 0 radical (unpaired) electrons. The first-order valence-corrected chi connectivity index (χ1v) is 7.08. The van der Waals surface area contributed by atoms with Gasteiger partial charge in [0.25, 0.3) is 0 Å². The van der Waals surface area contributed by atoms with Gasteiger partial charge in [-0.25, -0.2) is 0 Å². The number of nitrogens with zero attached hydrogens (tertiary/aromatic N) is 3. The van der Waals surface area contributed by atoms with Crippen LogP contribution in [0.5, 0.6) is 0 Å². The lowest BCUT2D eigenvalue weighted by molar-refractivity contribution is 0.119. The molecule has 0 aliphatic carbocycles. The molecule has 0 spiro atoms. The maximum absolute atomic E-state index is 4.69. The van der Waals surface area contributed by atoms with E-state index in [0.29, 0.717) is 6.04 Å². The monoisotopic (exact) mass is 255 g/mol. The highest BCUT2D eigenvalue weighted by atomic mass is 15.3. The summed E-state index contributed by atoms with van der Waals surface area (Å²) in [6.45, 7) is 10.4. The maximum Gasteiger partial charge on any atom is 0.191 e. The predicted molar refractivity (Wildman–Crippen MR) is 78.2 cm³/mol. The van der Waals surface area contributed by atoms with Crippen LogP contribution in [-0.4, -0.2) is 75.2 Å². The Morgan fingerprint density at radius 3 is 2.67 bits per heavy atom. The predicted octanol–water partition coefficient (Wildman–Crippen LogP) is 0.197. The average Bonchev–Trinajstić information content (AvgIpc) is 2.36. The first kappa shape index (κ1) is 15.2. The zero-order valence-corrected chi connectivity index (χ0v) is 12.4. The van der Waals surface area contributed by atoms with Crippen molar-refractivity contribution >= 4 is 5.96 Å². The molecule has 1 aliphatic rings. The molecule has 1 atom stereocenters. The summed E-state index contributed by atoms with van der Waals surface area (Å²) < 4.78 is 0. The van der Waals surface area contributed by atoms with Crippen molar-refractivity contribution in [1.82, 2.24) is 20.4 Å². The average molecular weight is 255 g/mol. The lowest BCUT2D eigenvalue weighted by atomic mass is 10.2. The number of hydrogen-bond acceptors (Lipinski definition) is 3. The molecule has 106 valence electrons. The minimum atomic E-state index is 0.529. The number of guanidine groups is 1. The van der Waals surface area contributed by atoms with Crippen LogP contribution >= 0.6 is 0 Å². The molecule has 1 rings (SSSR count). The van der Waals surface area contributed by atoms with Crippen LogP contribution in [0.15, 0.2) is 4.99 Å². The maximum atomic E-state index is 4.69. The number of likely N-dealkylation sites (N-methyl/N-ethyl adjacent to an activating group) is 2. The van der Waals surface area contributed by atoms with Gasteiger partial charge >= 0.3 is 0 Å². The molecule has 0 aromatic heterocycles. The molecule has 0 bridgehead atoms. The molecule has 18 heavy (non-hydrogen) atoms. The van der Waals surface area contributed by atoms with Crippen LogP contribution in [0, 0.1) is 0 Å². The summed E-state index contributed by atoms with van der Waals surface area (Å²) in [7, 11) is 4.38. The normalized spacial score (nSPS) is 23.1. The minimum absolute atomic E-state index is 0.529. The topological polar surface area (TPSA) is 42.9 Å². The zero-order chi connectivity index (χ0) is 13.4. The molecule has 0 aromatic carbocycles. The lowest BCUT2D eigenvalue weighted by Crippen LogP contribution is -2.51. The number of aliphatic imine (C=N–C) groups is 1. The fraction of sp³-hybridized carbons (Fsp3) is 0.923. The number of nitrogens with one attached hydrogen (secondary N) is 2. The van der Waals surface area contributed by atoms with Gasteiger partial charge in [0, 0.05) is 38.8 Å². The van der Waals surface area contributed by atoms with Crippen LogP contribution in [-0.2, 0) is 0 Å². The van der Waals surface area contributed by atoms with E-state index in [1.54, 1.807) is 0 Å². The number of piperazine rings is 1. The molecule has 1 aliphatic heterocycles. The molecular formula is C13H29N5. The SMILES string of the molecule is CCCNC(=NCC1CN(C)CCN1C)NCC. The lowest BCUT2D eigenvalue weighted by Gasteiger charge is -2.36. The Morgan fingerprint density at radius 1 is 1.22 bits per heavy atom. The molecule has 0 amide bonds. The molecule has 0 aromatic rings. The Morgan fingerprint density at radius 2 is 2.00 bits per heavy atom. The second-order valence-electron chi connectivity index (χ2n) is 5.04. The summed E-state index contributed by atoms with van der Waals surface area (Å²) >= 11 is 0. The van der Waals surface area contributed by atoms with Crippen LogP contribution in [0.25, 0.3) is 0 Å². The van der Waals surface area contributed by atoms with Gasteiger partial charge in [-0.2, -0.15) is 0 Å². The summed E-state index contributed by atoms with van der Waals surface area (Å²) in [6, 6.07) is 0.529. The highest BCUT2D eigenvalue weighted by Crippen LogP contribution is 2.05. The van der Waals surface area contributed by atoms with E-state index in [0.717, 1.165) is 51.6 Å². The van der Waals surface area contributed by atoms with Crippen LogP contribution in [0.1, 0.15) is 20.3 Å². The van der Waals surface area contributed by atoms with Crippen molar-refractivity contribution < 1.29 is 0 Å². The first-order chi connectivity index (χ1) is 8.67. The molecule has 1 heterocycles. The fourth-order valence-corrected chi connectivity index (χ4v) is 2.08. The van der Waals surface area contributed by atoms with Gasteiger partial charge in [-0.1, -0.05) is 6.92 Å². The third-order valence-corrected chi connectivity index (χ3v) is 3.33. The minimum Gasteiger partial charge on any atom is -0.357 e. The second-order valence-corrected chi connectivity index (χ2v) is 5.04. The molecular weight excluding hydrogens is 226 g/mol. The van der Waals surface area contributed by atoms with Crippen molar-refractivity contribution in [3.05, 3.63) is 0 Å². The molecule has 1 unspecified atom stereocenters. The van der Waals surface area contributed by atoms with Crippen molar-refractivity contribution in [2.24, 2.45) is 4.99 Å². The van der Waals surface area contributed by atoms with E-state index < -0.39 is 0 Å². The van der Waals surface area contributed by atoms with Crippen LogP contribution < -0.4 is 10.6 Å². The summed E-state index contributed by atoms with van der Waals surface area (Å²) in [5.41, 5.74) is 0. The standard InChI is InChI=1S/C13H29N5/c1-5-7-15-13(14-6-2)16-10-12-11-17(3)8-9-18(12)4/h12H,5-11H2,1-4H3,(H2,14,15,16). The summed E-state index contributed by atoms with van der Waals surface area (Å²) in [5.74, 6) is 0.945. The van der Waals surface area contributed by atoms with E-state index in [1.807, 2.05) is 0 Å². The highest BCUT2D eigenvalue weighted by Gasteiger charge is 2.21. The molecule has 1 fully saturated rings. The van der Waals surface area contributed by atoms with Gasteiger partial charge in [0.2, 0.25) is 0 Å². The van der Waals surface area contributed by atoms with Crippen molar-refractivity contribution in [2.75, 3.05) is 53.4 Å². The Labute approximate surface area is 112 Å². The molecule has 5 nitrogen and oxygen atoms in total. The number of rotatable bonds is 5. The zero-order valence-electron chi connectivity index (χ0n) is 12.4. The smallest absolute Gasteiger partial charge is 0.191 e. The van der Waals surface area contributed by atoms with Crippen molar-refractivity contribution in [3.63, 3.8) is 0 Å². The van der Waals surface area contributed by atoms with E-state index in [-0.39, 0.29) is 0 Å². The van der Waals surface area contributed by atoms with Gasteiger partial charge in [-0.3, -0.25) is 9.89 Å². The second kappa shape index (κ2) is 8.32. The Hall–Kier alpha value is -0.810. The van der Waals surface area contributed by atoms with Crippen molar-refractivity contribution in [3.8, 4) is 0 Å². The Balaban J connectivity index is 2.46. The molecule has 5 heteroatoms. The third-order valence-electron chi connectivity index (χ3n) is 3.33. The first-order valence-electron chi connectivity index (χ1n) is 7.08. The quantitative estimate of drug-likeness (QED) is 0.544. The van der Waals surface area contributed by atoms with Crippen LogP contribution in [0.2, 0.25) is 0 Å². The number of hydrogen-bond donors (Lipinski definition) is 2. The van der Waals surface area contributed by atoms with Gasteiger partial charge in [-0.15, -0.1) is 0 Å². The molecule has 1 saturated heterocycles. The van der Waals surface area contributed by atoms with E-state index in [4.69, 9.17) is 0 Å². The Bertz CT molecular complexity index is 254. The van der Waals surface area contributed by atoms with Crippen LogP contribution in [0.4, 0.5) is 0 Å². The largest absolute Gasteiger partial charge is 0.357 e. The fourth-order valence-electron chi connectivity index (χ4n) is 2.08.